The second-order valence-electron chi connectivity index (χ2n) is 5.60. The number of hydrogen-bond acceptors (Lipinski definition) is 4. The third-order valence-corrected chi connectivity index (χ3v) is 4.02. The van der Waals surface area contributed by atoms with E-state index in [1.807, 2.05) is 18.2 Å². The van der Waals surface area contributed by atoms with Crippen LogP contribution < -0.4 is 10.6 Å². The van der Waals surface area contributed by atoms with Crippen LogP contribution in [0, 0.1) is 0 Å². The smallest absolute Gasteiger partial charge is 0.191 e. The Morgan fingerprint density at radius 2 is 1.92 bits per heavy atom. The molecule has 0 bridgehead atoms. The molecule has 0 aliphatic carbocycles. The molecule has 0 radical (unpaired) electrons. The van der Waals surface area contributed by atoms with Gasteiger partial charge in [-0.3, -0.25) is 4.99 Å². The number of nitrogens with one attached hydrogen (secondary N) is 2. The van der Waals surface area contributed by atoms with Crippen molar-refractivity contribution < 1.29 is 0 Å². The predicted molar refractivity (Wildman–Crippen MR) is 103 cm³/mol. The van der Waals surface area contributed by atoms with Crippen LogP contribution in [0.2, 0.25) is 5.15 Å². The van der Waals surface area contributed by atoms with Crippen molar-refractivity contribution in [2.24, 2.45) is 4.99 Å². The number of benzene rings is 1. The van der Waals surface area contributed by atoms with Crippen molar-refractivity contribution in [2.45, 2.75) is 13.0 Å². The molecule has 0 aliphatic rings. The van der Waals surface area contributed by atoms with Gasteiger partial charge in [-0.05, 0) is 35.7 Å². The first-order valence-corrected chi connectivity index (χ1v) is 8.61. The molecule has 7 nitrogen and oxygen atoms in total. The van der Waals surface area contributed by atoms with Crippen LogP contribution in [-0.2, 0) is 13.0 Å². The molecule has 0 saturated heterocycles. The van der Waals surface area contributed by atoms with E-state index in [1.54, 1.807) is 30.3 Å². The SMILES string of the molecule is CN=C(NCCc1ccc(Cl)nc1)NCc1ccc(-n2cncn2)cc1. The molecule has 0 fully saturated rings. The Bertz CT molecular complexity index is 827. The van der Waals surface area contributed by atoms with Gasteiger partial charge in [0.15, 0.2) is 5.96 Å². The summed E-state index contributed by atoms with van der Waals surface area (Å²) in [7, 11) is 1.76. The van der Waals surface area contributed by atoms with Crippen LogP contribution in [0.4, 0.5) is 0 Å². The standard InChI is InChI=1S/C18H20ClN7/c1-20-18(22-9-8-15-4-7-17(19)23-10-15)24-11-14-2-5-16(6-3-14)26-13-21-12-25-26/h2-7,10,12-13H,8-9,11H2,1H3,(H2,20,22,24). The normalized spacial score (nSPS) is 11.4. The van der Waals surface area contributed by atoms with Crippen LogP contribution in [0.3, 0.4) is 0 Å². The maximum Gasteiger partial charge on any atom is 0.191 e. The van der Waals surface area contributed by atoms with Crippen molar-refractivity contribution in [1.82, 2.24) is 30.4 Å². The number of aromatic nitrogens is 4. The summed E-state index contributed by atoms with van der Waals surface area (Å²) in [4.78, 5) is 12.3. The molecule has 2 heterocycles. The van der Waals surface area contributed by atoms with Crippen molar-refractivity contribution in [3.05, 3.63) is 71.5 Å². The Kier molecular flexibility index (Phi) is 6.16. The topological polar surface area (TPSA) is 80.0 Å². The molecule has 3 rings (SSSR count). The van der Waals surface area contributed by atoms with Gasteiger partial charge in [-0.2, -0.15) is 5.10 Å². The lowest BCUT2D eigenvalue weighted by atomic mass is 10.2. The van der Waals surface area contributed by atoms with E-state index in [0.717, 1.165) is 35.7 Å². The summed E-state index contributed by atoms with van der Waals surface area (Å²) in [6.07, 6.45) is 5.83. The molecule has 0 aliphatic heterocycles. The zero-order valence-electron chi connectivity index (χ0n) is 14.4. The molecule has 2 aromatic heterocycles. The molecule has 1 aromatic carbocycles. The average molecular weight is 370 g/mol. The summed E-state index contributed by atoms with van der Waals surface area (Å²) >= 11 is 5.79. The molecule has 2 N–H and O–H groups in total. The molecule has 0 atom stereocenters. The average Bonchev–Trinajstić information content (AvgIpc) is 3.21. The minimum Gasteiger partial charge on any atom is -0.356 e. The second kappa shape index (κ2) is 8.96. The van der Waals surface area contributed by atoms with Gasteiger partial charge in [0.2, 0.25) is 0 Å². The molecule has 8 heteroatoms. The van der Waals surface area contributed by atoms with E-state index in [1.165, 1.54) is 6.33 Å². The zero-order valence-corrected chi connectivity index (χ0v) is 15.2. The second-order valence-corrected chi connectivity index (χ2v) is 5.99. The largest absolute Gasteiger partial charge is 0.356 e. The quantitative estimate of drug-likeness (QED) is 0.395. The van der Waals surface area contributed by atoms with Gasteiger partial charge < -0.3 is 10.6 Å². The highest BCUT2D eigenvalue weighted by atomic mass is 35.5. The Morgan fingerprint density at radius 3 is 2.58 bits per heavy atom. The molecule has 3 aromatic rings. The van der Waals surface area contributed by atoms with E-state index < -0.39 is 0 Å². The van der Waals surface area contributed by atoms with Crippen LogP contribution in [0.25, 0.3) is 5.69 Å². The summed E-state index contributed by atoms with van der Waals surface area (Å²) in [6, 6.07) is 11.9. The van der Waals surface area contributed by atoms with Gasteiger partial charge in [0, 0.05) is 26.3 Å². The number of pyridine rings is 1. The number of halogens is 1. The highest BCUT2D eigenvalue weighted by molar-refractivity contribution is 6.29. The van der Waals surface area contributed by atoms with E-state index in [9.17, 15) is 0 Å². The predicted octanol–water partition coefficient (Wildman–Crippen LogP) is 2.22. The Hall–Kier alpha value is -2.93. The van der Waals surface area contributed by atoms with E-state index in [-0.39, 0.29) is 0 Å². The van der Waals surface area contributed by atoms with Crippen LogP contribution in [-0.4, -0.2) is 39.3 Å². The highest BCUT2D eigenvalue weighted by Gasteiger charge is 2.01. The summed E-state index contributed by atoms with van der Waals surface area (Å²) in [5, 5.41) is 11.2. The summed E-state index contributed by atoms with van der Waals surface area (Å²) in [5.41, 5.74) is 3.25. The van der Waals surface area contributed by atoms with E-state index in [2.05, 4.69) is 42.8 Å². The molecule has 26 heavy (non-hydrogen) atoms. The van der Waals surface area contributed by atoms with E-state index >= 15 is 0 Å². The van der Waals surface area contributed by atoms with Crippen molar-refractivity contribution >= 4 is 17.6 Å². The summed E-state index contributed by atoms with van der Waals surface area (Å²) in [6.45, 7) is 1.44. The van der Waals surface area contributed by atoms with Gasteiger partial charge in [-0.15, -0.1) is 0 Å². The van der Waals surface area contributed by atoms with Gasteiger partial charge in [0.25, 0.3) is 0 Å². The lowest BCUT2D eigenvalue weighted by Gasteiger charge is -2.12. The molecule has 0 saturated carbocycles. The van der Waals surface area contributed by atoms with Crippen LogP contribution >= 0.6 is 11.6 Å². The van der Waals surface area contributed by atoms with Crippen LogP contribution in [0.15, 0.2) is 60.2 Å². The fraction of sp³-hybridized carbons (Fsp3) is 0.222. The minimum atomic E-state index is 0.508. The fourth-order valence-electron chi connectivity index (χ4n) is 2.39. The number of guanidine groups is 1. The first-order chi connectivity index (χ1) is 12.7. The Morgan fingerprint density at radius 1 is 1.12 bits per heavy atom. The number of hydrogen-bond donors (Lipinski definition) is 2. The van der Waals surface area contributed by atoms with Gasteiger partial charge in [0.05, 0.1) is 5.69 Å². The van der Waals surface area contributed by atoms with Crippen molar-refractivity contribution in [3.8, 4) is 5.69 Å². The maximum absolute atomic E-state index is 5.79. The van der Waals surface area contributed by atoms with Crippen molar-refractivity contribution in [2.75, 3.05) is 13.6 Å². The number of rotatable bonds is 6. The lowest BCUT2D eigenvalue weighted by molar-refractivity contribution is 0.792. The Balaban J connectivity index is 1.45. The third-order valence-electron chi connectivity index (χ3n) is 3.80. The van der Waals surface area contributed by atoms with Crippen molar-refractivity contribution in [1.29, 1.82) is 0 Å². The number of nitrogens with zero attached hydrogens (tertiary/aromatic N) is 5. The van der Waals surface area contributed by atoms with E-state index in [0.29, 0.717) is 11.7 Å². The van der Waals surface area contributed by atoms with Gasteiger partial charge in [-0.25, -0.2) is 14.6 Å². The molecular formula is C18H20ClN7. The van der Waals surface area contributed by atoms with Gasteiger partial charge in [0.1, 0.15) is 17.8 Å². The van der Waals surface area contributed by atoms with Crippen LogP contribution in [0.1, 0.15) is 11.1 Å². The maximum atomic E-state index is 5.79. The first kappa shape index (κ1) is 17.9. The zero-order chi connectivity index (χ0) is 18.2. The molecule has 0 amide bonds. The van der Waals surface area contributed by atoms with Gasteiger partial charge >= 0.3 is 0 Å². The fourth-order valence-corrected chi connectivity index (χ4v) is 2.51. The first-order valence-electron chi connectivity index (χ1n) is 8.23. The molecular weight excluding hydrogens is 350 g/mol. The van der Waals surface area contributed by atoms with Gasteiger partial charge in [-0.1, -0.05) is 29.8 Å². The van der Waals surface area contributed by atoms with Crippen molar-refractivity contribution in [3.63, 3.8) is 0 Å². The highest BCUT2D eigenvalue weighted by Crippen LogP contribution is 2.08. The molecule has 0 unspecified atom stereocenters. The molecule has 134 valence electrons. The lowest BCUT2D eigenvalue weighted by Crippen LogP contribution is -2.37. The summed E-state index contributed by atoms with van der Waals surface area (Å²) in [5.74, 6) is 0.757. The van der Waals surface area contributed by atoms with E-state index in [4.69, 9.17) is 11.6 Å². The number of aliphatic imine (C=N–C) groups is 1. The van der Waals surface area contributed by atoms with Crippen LogP contribution in [0.5, 0.6) is 0 Å². The minimum absolute atomic E-state index is 0.508. The third kappa shape index (κ3) is 5.03. The monoisotopic (exact) mass is 369 g/mol. The molecule has 0 spiro atoms. The Labute approximate surface area is 157 Å². The summed E-state index contributed by atoms with van der Waals surface area (Å²) < 4.78 is 1.73.